The van der Waals surface area contributed by atoms with Gasteiger partial charge in [0.2, 0.25) is 10.0 Å². The van der Waals surface area contributed by atoms with E-state index in [-0.39, 0.29) is 29.7 Å². The second-order valence-corrected chi connectivity index (χ2v) is 8.89. The average Bonchev–Trinajstić information content (AvgIpc) is 3.21. The highest BCUT2D eigenvalue weighted by atomic mass is 127. The van der Waals surface area contributed by atoms with Crippen molar-refractivity contribution in [2.45, 2.75) is 26.0 Å². The van der Waals surface area contributed by atoms with Crippen LogP contribution >= 0.6 is 24.0 Å². The Kier molecular flexibility index (Phi) is 9.49. The van der Waals surface area contributed by atoms with E-state index in [1.165, 1.54) is 21.7 Å². The topological polar surface area (TPSA) is 104 Å². The number of nitrogens with zero attached hydrogens (tertiary/aromatic N) is 5. The molecule has 11 heteroatoms. The van der Waals surface area contributed by atoms with E-state index in [0.717, 1.165) is 18.9 Å². The van der Waals surface area contributed by atoms with Crippen molar-refractivity contribution in [3.05, 3.63) is 47.6 Å². The quantitative estimate of drug-likeness (QED) is 0.319. The van der Waals surface area contributed by atoms with E-state index in [1.54, 1.807) is 12.3 Å². The molecule has 1 aliphatic rings. The van der Waals surface area contributed by atoms with Crippen molar-refractivity contribution in [1.82, 2.24) is 24.7 Å². The third-order valence-corrected chi connectivity index (χ3v) is 6.68. The molecule has 1 fully saturated rings. The van der Waals surface area contributed by atoms with Crippen LogP contribution in [0.5, 0.6) is 0 Å². The van der Waals surface area contributed by atoms with Crippen molar-refractivity contribution in [2.24, 2.45) is 4.99 Å². The van der Waals surface area contributed by atoms with Gasteiger partial charge in [0.1, 0.15) is 12.0 Å². The van der Waals surface area contributed by atoms with Crippen molar-refractivity contribution in [3.8, 4) is 0 Å². The molecule has 0 radical (unpaired) electrons. The monoisotopic (exact) mass is 548 g/mol. The van der Waals surface area contributed by atoms with Crippen molar-refractivity contribution < 1.29 is 12.9 Å². The van der Waals surface area contributed by atoms with Gasteiger partial charge in [0.25, 0.3) is 0 Å². The van der Waals surface area contributed by atoms with Crippen molar-refractivity contribution in [2.75, 3.05) is 39.3 Å². The number of nitrogens with one attached hydrogen (secondary N) is 1. The first-order chi connectivity index (χ1) is 14.0. The Morgan fingerprint density at radius 1 is 1.27 bits per heavy atom. The fraction of sp³-hybridized carbons (Fsp3) is 0.526. The van der Waals surface area contributed by atoms with Gasteiger partial charge < -0.3 is 14.7 Å². The number of piperazine rings is 1. The van der Waals surface area contributed by atoms with Gasteiger partial charge in [0.15, 0.2) is 5.96 Å². The summed E-state index contributed by atoms with van der Waals surface area (Å²) in [6.07, 6.45) is 5.89. The lowest BCUT2D eigenvalue weighted by Gasteiger charge is -2.35. The summed E-state index contributed by atoms with van der Waals surface area (Å²) in [7, 11) is -3.41. The molecule has 0 aliphatic carbocycles. The molecular formula is C19H29IN6O3S. The minimum Gasteiger partial charge on any atom is -0.364 e. The summed E-state index contributed by atoms with van der Waals surface area (Å²) in [5, 5.41) is 7.02. The highest BCUT2D eigenvalue weighted by Crippen LogP contribution is 2.13. The van der Waals surface area contributed by atoms with Gasteiger partial charge in [0, 0.05) is 57.7 Å². The maximum absolute atomic E-state index is 12.6. The number of hydrogen-bond acceptors (Lipinski definition) is 6. The maximum atomic E-state index is 12.6. The van der Waals surface area contributed by atoms with Gasteiger partial charge >= 0.3 is 0 Å². The number of halogens is 1. The molecule has 0 bridgehead atoms. The number of aromatic nitrogens is 2. The molecule has 0 saturated carbocycles. The molecular weight excluding hydrogens is 519 g/mol. The summed E-state index contributed by atoms with van der Waals surface area (Å²) in [6.45, 7) is 7.55. The number of rotatable bonds is 7. The fourth-order valence-corrected chi connectivity index (χ4v) is 4.68. The number of guanidine groups is 1. The lowest BCUT2D eigenvalue weighted by molar-refractivity contribution is 0.260. The van der Waals surface area contributed by atoms with Crippen LogP contribution in [0.15, 0.2) is 40.3 Å². The first-order valence-corrected chi connectivity index (χ1v) is 11.4. The van der Waals surface area contributed by atoms with E-state index in [4.69, 9.17) is 9.52 Å². The Morgan fingerprint density at radius 3 is 2.67 bits per heavy atom. The number of aliphatic imine (C=N–C) groups is 1. The van der Waals surface area contributed by atoms with Gasteiger partial charge in [-0.1, -0.05) is 5.16 Å². The molecule has 0 unspecified atom stereocenters. The molecule has 0 spiro atoms. The van der Waals surface area contributed by atoms with Crippen molar-refractivity contribution >= 4 is 40.0 Å². The third kappa shape index (κ3) is 6.64. The van der Waals surface area contributed by atoms with Gasteiger partial charge in [-0.2, -0.15) is 4.31 Å². The highest BCUT2D eigenvalue weighted by molar-refractivity contribution is 14.0. The largest absolute Gasteiger partial charge is 0.364 e. The van der Waals surface area contributed by atoms with Crippen LogP contribution in [0.3, 0.4) is 0 Å². The zero-order valence-corrected chi connectivity index (χ0v) is 20.5. The van der Waals surface area contributed by atoms with Gasteiger partial charge in [-0.3, -0.25) is 9.98 Å². The summed E-state index contributed by atoms with van der Waals surface area (Å²) in [4.78, 5) is 11.0. The summed E-state index contributed by atoms with van der Waals surface area (Å²) < 4.78 is 31.4. The van der Waals surface area contributed by atoms with E-state index >= 15 is 0 Å². The van der Waals surface area contributed by atoms with Crippen LogP contribution in [-0.2, 0) is 22.2 Å². The molecule has 0 aromatic carbocycles. The van der Waals surface area contributed by atoms with Crippen LogP contribution < -0.4 is 5.32 Å². The van der Waals surface area contributed by atoms with E-state index in [2.05, 4.69) is 27.3 Å². The first-order valence-electron chi connectivity index (χ1n) is 9.79. The molecule has 30 heavy (non-hydrogen) atoms. The van der Waals surface area contributed by atoms with Gasteiger partial charge in [-0.25, -0.2) is 8.42 Å². The van der Waals surface area contributed by atoms with E-state index < -0.39 is 10.0 Å². The number of hydrogen-bond donors (Lipinski definition) is 1. The van der Waals surface area contributed by atoms with Crippen LogP contribution in [0, 0.1) is 6.92 Å². The maximum Gasteiger partial charge on any atom is 0.220 e. The summed E-state index contributed by atoms with van der Waals surface area (Å²) >= 11 is 0. The lowest BCUT2D eigenvalue weighted by atomic mass is 10.1. The SMILES string of the molecule is CCNC(=NCCc1ccncc1C)N1CCN(S(=O)(=O)Cc2ccon2)CC1.I. The van der Waals surface area contributed by atoms with E-state index in [1.807, 2.05) is 19.2 Å². The second kappa shape index (κ2) is 11.6. The summed E-state index contributed by atoms with van der Waals surface area (Å²) in [5.41, 5.74) is 2.83. The Hall–Kier alpha value is -1.73. The molecule has 2 aromatic rings. The van der Waals surface area contributed by atoms with Crippen molar-refractivity contribution in [3.63, 3.8) is 0 Å². The molecule has 166 valence electrons. The molecule has 0 amide bonds. The highest BCUT2D eigenvalue weighted by Gasteiger charge is 2.28. The van der Waals surface area contributed by atoms with Gasteiger partial charge in [-0.15, -0.1) is 24.0 Å². The Morgan fingerprint density at radius 2 is 2.03 bits per heavy atom. The third-order valence-electron chi connectivity index (χ3n) is 4.87. The molecule has 1 saturated heterocycles. The van der Waals surface area contributed by atoms with Crippen LogP contribution in [0.25, 0.3) is 0 Å². The lowest BCUT2D eigenvalue weighted by Crippen LogP contribution is -2.54. The number of sulfonamides is 1. The van der Waals surface area contributed by atoms with Crippen molar-refractivity contribution in [1.29, 1.82) is 0 Å². The standard InChI is InChI=1S/C19H28N6O3S.HI/c1-3-21-19(22-8-5-17-4-7-20-14-16(17)2)24-9-11-25(12-10-24)29(26,27)15-18-6-13-28-23-18;/h4,6-7,13-14H,3,5,8-12,15H2,1-2H3,(H,21,22);1H. The molecule has 1 N–H and O–H groups in total. The second-order valence-electron chi connectivity index (χ2n) is 6.92. The first kappa shape index (κ1) is 24.5. The fourth-order valence-electron chi connectivity index (χ4n) is 3.26. The minimum atomic E-state index is -3.41. The van der Waals surface area contributed by atoms with E-state index in [9.17, 15) is 8.42 Å². The van der Waals surface area contributed by atoms with Crippen LogP contribution in [0.2, 0.25) is 0 Å². The predicted octanol–water partition coefficient (Wildman–Crippen LogP) is 1.65. The molecule has 2 aromatic heterocycles. The van der Waals surface area contributed by atoms with Crippen LogP contribution in [-0.4, -0.2) is 73.0 Å². The summed E-state index contributed by atoms with van der Waals surface area (Å²) in [6, 6.07) is 3.60. The Labute approximate surface area is 195 Å². The zero-order valence-electron chi connectivity index (χ0n) is 17.3. The van der Waals surface area contributed by atoms with Crippen LogP contribution in [0.4, 0.5) is 0 Å². The molecule has 1 aliphatic heterocycles. The summed E-state index contributed by atoms with van der Waals surface area (Å²) in [5.74, 6) is 0.691. The molecule has 9 nitrogen and oxygen atoms in total. The molecule has 3 rings (SSSR count). The minimum absolute atomic E-state index is 0. The smallest absolute Gasteiger partial charge is 0.220 e. The number of aryl methyl sites for hydroxylation is 1. The average molecular weight is 548 g/mol. The molecule has 0 atom stereocenters. The zero-order chi connectivity index (χ0) is 20.7. The predicted molar refractivity (Wildman–Crippen MR) is 126 cm³/mol. The van der Waals surface area contributed by atoms with Crippen LogP contribution in [0.1, 0.15) is 23.7 Å². The normalized spacial score (nSPS) is 15.7. The van der Waals surface area contributed by atoms with Gasteiger partial charge in [-0.05, 0) is 37.5 Å². The molecule has 3 heterocycles. The van der Waals surface area contributed by atoms with Gasteiger partial charge in [0.05, 0.1) is 5.69 Å². The number of pyridine rings is 1. The Balaban J connectivity index is 0.00000320. The Bertz CT molecular complexity index is 912. The van der Waals surface area contributed by atoms with E-state index in [0.29, 0.717) is 38.4 Å².